The van der Waals surface area contributed by atoms with Gasteiger partial charge in [0.1, 0.15) is 0 Å². The molecular formula is C16H28N2O. The van der Waals surface area contributed by atoms with E-state index in [0.29, 0.717) is 18.2 Å². The lowest BCUT2D eigenvalue weighted by atomic mass is 9.84. The van der Waals surface area contributed by atoms with Crippen LogP contribution < -0.4 is 5.32 Å². The molecule has 1 aliphatic carbocycles. The van der Waals surface area contributed by atoms with Crippen LogP contribution in [0.4, 0.5) is 0 Å². The molecule has 108 valence electrons. The Balaban J connectivity index is 1.59. The predicted octanol–water partition coefficient (Wildman–Crippen LogP) is 2.58. The van der Waals surface area contributed by atoms with Gasteiger partial charge >= 0.3 is 0 Å². The SMILES string of the molecule is CC1=CC(C)CC(CNCCC(=O)N2CCCC2)C1. The first kappa shape index (κ1) is 14.6. The van der Waals surface area contributed by atoms with Gasteiger partial charge in [-0.2, -0.15) is 0 Å². The van der Waals surface area contributed by atoms with Crippen molar-refractivity contribution in [3.63, 3.8) is 0 Å². The summed E-state index contributed by atoms with van der Waals surface area (Å²) >= 11 is 0. The van der Waals surface area contributed by atoms with Crippen LogP contribution in [0.25, 0.3) is 0 Å². The first-order valence-corrected chi connectivity index (χ1v) is 7.81. The van der Waals surface area contributed by atoms with E-state index in [2.05, 4.69) is 25.2 Å². The molecule has 0 aromatic carbocycles. The van der Waals surface area contributed by atoms with Crippen molar-refractivity contribution in [3.8, 4) is 0 Å². The summed E-state index contributed by atoms with van der Waals surface area (Å²) in [6.07, 6.45) is 7.93. The van der Waals surface area contributed by atoms with Gasteiger partial charge in [0.2, 0.25) is 5.91 Å². The van der Waals surface area contributed by atoms with Gasteiger partial charge in [0.05, 0.1) is 0 Å². The maximum Gasteiger partial charge on any atom is 0.223 e. The minimum Gasteiger partial charge on any atom is -0.343 e. The molecule has 2 rings (SSSR count). The highest BCUT2D eigenvalue weighted by Crippen LogP contribution is 2.27. The van der Waals surface area contributed by atoms with Crippen LogP contribution in [0, 0.1) is 11.8 Å². The molecule has 1 aliphatic heterocycles. The van der Waals surface area contributed by atoms with Crippen molar-refractivity contribution in [2.75, 3.05) is 26.2 Å². The fourth-order valence-electron chi connectivity index (χ4n) is 3.47. The molecule has 0 spiro atoms. The van der Waals surface area contributed by atoms with Crippen LogP contribution in [-0.2, 0) is 4.79 Å². The van der Waals surface area contributed by atoms with E-state index in [1.165, 1.54) is 31.3 Å². The quantitative estimate of drug-likeness (QED) is 0.611. The maximum atomic E-state index is 11.9. The van der Waals surface area contributed by atoms with Gasteiger partial charge in [0.25, 0.3) is 0 Å². The molecule has 1 fully saturated rings. The summed E-state index contributed by atoms with van der Waals surface area (Å²) in [5.41, 5.74) is 1.53. The number of nitrogens with zero attached hydrogens (tertiary/aromatic N) is 1. The summed E-state index contributed by atoms with van der Waals surface area (Å²) in [4.78, 5) is 13.9. The average Bonchev–Trinajstić information content (AvgIpc) is 2.87. The third kappa shape index (κ3) is 4.64. The van der Waals surface area contributed by atoms with E-state index in [1.54, 1.807) is 0 Å². The zero-order valence-electron chi connectivity index (χ0n) is 12.5. The topological polar surface area (TPSA) is 32.3 Å². The van der Waals surface area contributed by atoms with Crippen LogP contribution in [0.5, 0.6) is 0 Å². The molecule has 3 heteroatoms. The Labute approximate surface area is 117 Å². The van der Waals surface area contributed by atoms with Gasteiger partial charge in [-0.05, 0) is 51.0 Å². The zero-order chi connectivity index (χ0) is 13.7. The summed E-state index contributed by atoms with van der Waals surface area (Å²) in [7, 11) is 0. The van der Waals surface area contributed by atoms with Crippen LogP contribution in [-0.4, -0.2) is 37.0 Å². The molecule has 3 nitrogen and oxygen atoms in total. The number of hydrogen-bond donors (Lipinski definition) is 1. The second kappa shape index (κ2) is 7.09. The Morgan fingerprint density at radius 2 is 2.16 bits per heavy atom. The number of carbonyl (C=O) groups excluding carboxylic acids is 1. The fraction of sp³-hybridized carbons (Fsp3) is 0.812. The van der Waals surface area contributed by atoms with E-state index >= 15 is 0 Å². The van der Waals surface area contributed by atoms with Gasteiger partial charge in [-0.3, -0.25) is 4.79 Å². The second-order valence-corrected chi connectivity index (χ2v) is 6.34. The van der Waals surface area contributed by atoms with E-state index in [-0.39, 0.29) is 0 Å². The highest BCUT2D eigenvalue weighted by atomic mass is 16.2. The van der Waals surface area contributed by atoms with Crippen LogP contribution in [0.15, 0.2) is 11.6 Å². The average molecular weight is 264 g/mol. The molecule has 2 unspecified atom stereocenters. The standard InChI is InChI=1S/C16H28N2O/c1-13-9-14(2)11-15(10-13)12-17-6-5-16(19)18-7-3-4-8-18/h9,13,15,17H,3-8,10-12H2,1-2H3. The number of amides is 1. The molecule has 0 bridgehead atoms. The minimum atomic E-state index is 0.332. The molecule has 2 atom stereocenters. The minimum absolute atomic E-state index is 0.332. The number of nitrogens with one attached hydrogen (secondary N) is 1. The Bertz CT molecular complexity index is 332. The van der Waals surface area contributed by atoms with E-state index in [9.17, 15) is 4.79 Å². The van der Waals surface area contributed by atoms with E-state index < -0.39 is 0 Å². The maximum absolute atomic E-state index is 11.9. The molecule has 0 aromatic heterocycles. The monoisotopic (exact) mass is 264 g/mol. The number of rotatable bonds is 5. The van der Waals surface area contributed by atoms with Crippen molar-refractivity contribution in [1.82, 2.24) is 10.2 Å². The Morgan fingerprint density at radius 1 is 1.42 bits per heavy atom. The Morgan fingerprint density at radius 3 is 2.84 bits per heavy atom. The van der Waals surface area contributed by atoms with Crippen molar-refractivity contribution in [2.45, 2.75) is 46.0 Å². The molecule has 1 heterocycles. The summed E-state index contributed by atoms with van der Waals surface area (Å²) < 4.78 is 0. The van der Waals surface area contributed by atoms with Crippen molar-refractivity contribution in [2.24, 2.45) is 11.8 Å². The summed E-state index contributed by atoms with van der Waals surface area (Å²) in [6.45, 7) is 8.38. The largest absolute Gasteiger partial charge is 0.343 e. The third-order valence-electron chi connectivity index (χ3n) is 4.29. The molecule has 1 saturated heterocycles. The predicted molar refractivity (Wildman–Crippen MR) is 78.9 cm³/mol. The molecule has 2 aliphatic rings. The molecule has 0 aromatic rings. The molecular weight excluding hydrogens is 236 g/mol. The number of carbonyl (C=O) groups is 1. The molecule has 1 N–H and O–H groups in total. The smallest absolute Gasteiger partial charge is 0.223 e. The lowest BCUT2D eigenvalue weighted by Gasteiger charge is -2.25. The van der Waals surface area contributed by atoms with Gasteiger partial charge in [0.15, 0.2) is 0 Å². The fourth-order valence-corrected chi connectivity index (χ4v) is 3.47. The highest BCUT2D eigenvalue weighted by Gasteiger charge is 2.19. The van der Waals surface area contributed by atoms with Crippen molar-refractivity contribution < 1.29 is 4.79 Å². The van der Waals surface area contributed by atoms with Crippen LogP contribution in [0.2, 0.25) is 0 Å². The van der Waals surface area contributed by atoms with Gasteiger partial charge in [-0.1, -0.05) is 18.6 Å². The van der Waals surface area contributed by atoms with E-state index in [1.807, 2.05) is 4.90 Å². The zero-order valence-corrected chi connectivity index (χ0v) is 12.5. The Hall–Kier alpha value is -0.830. The van der Waals surface area contributed by atoms with Crippen LogP contribution in [0.1, 0.15) is 46.0 Å². The highest BCUT2D eigenvalue weighted by molar-refractivity contribution is 5.76. The van der Waals surface area contributed by atoms with Crippen molar-refractivity contribution in [3.05, 3.63) is 11.6 Å². The van der Waals surface area contributed by atoms with E-state index in [4.69, 9.17) is 0 Å². The number of hydrogen-bond acceptors (Lipinski definition) is 2. The van der Waals surface area contributed by atoms with Crippen molar-refractivity contribution >= 4 is 5.91 Å². The normalized spacial score (nSPS) is 27.5. The number of likely N-dealkylation sites (tertiary alicyclic amines) is 1. The van der Waals surface area contributed by atoms with Gasteiger partial charge in [0, 0.05) is 26.1 Å². The van der Waals surface area contributed by atoms with Crippen molar-refractivity contribution in [1.29, 1.82) is 0 Å². The first-order valence-electron chi connectivity index (χ1n) is 7.81. The summed E-state index contributed by atoms with van der Waals surface area (Å²) in [5, 5.41) is 3.48. The molecule has 19 heavy (non-hydrogen) atoms. The molecule has 0 radical (unpaired) electrons. The van der Waals surface area contributed by atoms with Gasteiger partial charge in [-0.25, -0.2) is 0 Å². The van der Waals surface area contributed by atoms with Gasteiger partial charge < -0.3 is 10.2 Å². The molecule has 0 saturated carbocycles. The van der Waals surface area contributed by atoms with Gasteiger partial charge in [-0.15, -0.1) is 0 Å². The summed E-state index contributed by atoms with van der Waals surface area (Å²) in [6, 6.07) is 0. The second-order valence-electron chi connectivity index (χ2n) is 6.34. The lowest BCUT2D eigenvalue weighted by Crippen LogP contribution is -2.32. The Kier molecular flexibility index (Phi) is 5.44. The molecule has 1 amide bonds. The van der Waals surface area contributed by atoms with E-state index in [0.717, 1.165) is 32.1 Å². The lowest BCUT2D eigenvalue weighted by molar-refractivity contribution is -0.130. The summed E-state index contributed by atoms with van der Waals surface area (Å²) in [5.74, 6) is 1.80. The third-order valence-corrected chi connectivity index (χ3v) is 4.29. The number of allylic oxidation sites excluding steroid dienone is 2. The van der Waals surface area contributed by atoms with Crippen LogP contribution in [0.3, 0.4) is 0 Å². The van der Waals surface area contributed by atoms with Crippen LogP contribution >= 0.6 is 0 Å². The first-order chi connectivity index (χ1) is 9.15.